The first-order valence-corrected chi connectivity index (χ1v) is 3.79. The Morgan fingerprint density at radius 3 is 3.00 bits per heavy atom. The van der Waals surface area contributed by atoms with Crippen LogP contribution in [0.4, 0.5) is 0 Å². The van der Waals surface area contributed by atoms with Crippen molar-refractivity contribution < 1.29 is 0 Å². The van der Waals surface area contributed by atoms with Crippen molar-refractivity contribution in [2.75, 3.05) is 0 Å². The summed E-state index contributed by atoms with van der Waals surface area (Å²) in [6.07, 6.45) is 1.75. The first kappa shape index (κ1) is 6.93. The molecule has 0 aliphatic rings. The first-order valence-electron chi connectivity index (χ1n) is 3.79. The third-order valence-electron chi connectivity index (χ3n) is 2.04. The highest BCUT2D eigenvalue weighted by molar-refractivity contribution is 5.87. The van der Waals surface area contributed by atoms with Gasteiger partial charge >= 0.3 is 0 Å². The van der Waals surface area contributed by atoms with Crippen LogP contribution >= 0.6 is 0 Å². The van der Waals surface area contributed by atoms with Crippen molar-refractivity contribution in [3.05, 3.63) is 35.5 Å². The van der Waals surface area contributed by atoms with Gasteiger partial charge in [0, 0.05) is 17.1 Å². The SMILES string of the molecule is Cc1cccc2c(C#N)c[nH]c12. The summed E-state index contributed by atoms with van der Waals surface area (Å²) in [7, 11) is 0. The number of hydrogen-bond acceptors (Lipinski definition) is 1. The molecule has 1 aromatic carbocycles. The highest BCUT2D eigenvalue weighted by Gasteiger charge is 2.02. The standard InChI is InChI=1S/C10H8N2/c1-7-3-2-4-9-8(5-11)6-12-10(7)9/h2-4,6,12H,1H3. The van der Waals surface area contributed by atoms with Crippen molar-refractivity contribution in [3.63, 3.8) is 0 Å². The number of rotatable bonds is 0. The minimum Gasteiger partial charge on any atom is -0.360 e. The second-order valence-electron chi connectivity index (χ2n) is 2.81. The van der Waals surface area contributed by atoms with Crippen molar-refractivity contribution in [2.45, 2.75) is 6.92 Å². The molecule has 58 valence electrons. The Hall–Kier alpha value is -1.75. The van der Waals surface area contributed by atoms with Gasteiger partial charge in [-0.15, -0.1) is 0 Å². The van der Waals surface area contributed by atoms with Crippen LogP contribution in [0.15, 0.2) is 24.4 Å². The maximum atomic E-state index is 8.75. The molecule has 0 saturated carbocycles. The number of nitrogens with zero attached hydrogens (tertiary/aromatic N) is 1. The molecular weight excluding hydrogens is 148 g/mol. The van der Waals surface area contributed by atoms with Gasteiger partial charge in [0.1, 0.15) is 6.07 Å². The van der Waals surface area contributed by atoms with Crippen LogP contribution in [0, 0.1) is 18.3 Å². The second-order valence-corrected chi connectivity index (χ2v) is 2.81. The fourth-order valence-electron chi connectivity index (χ4n) is 1.40. The van der Waals surface area contributed by atoms with Gasteiger partial charge in [-0.3, -0.25) is 0 Å². The summed E-state index contributed by atoms with van der Waals surface area (Å²) in [5, 5.41) is 9.76. The molecule has 0 radical (unpaired) electrons. The lowest BCUT2D eigenvalue weighted by Crippen LogP contribution is -1.74. The van der Waals surface area contributed by atoms with Crippen molar-refractivity contribution >= 4 is 10.9 Å². The molecule has 0 bridgehead atoms. The van der Waals surface area contributed by atoms with E-state index in [1.807, 2.05) is 25.1 Å². The summed E-state index contributed by atoms with van der Waals surface area (Å²) in [5.41, 5.74) is 2.96. The molecule has 0 fully saturated rings. The highest BCUT2D eigenvalue weighted by atomic mass is 14.7. The number of fused-ring (bicyclic) bond motifs is 1. The molecule has 0 spiro atoms. The number of aromatic nitrogens is 1. The lowest BCUT2D eigenvalue weighted by atomic mass is 10.1. The van der Waals surface area contributed by atoms with E-state index in [0.717, 1.165) is 10.9 Å². The molecule has 0 amide bonds. The average Bonchev–Trinajstić information content (AvgIpc) is 2.49. The van der Waals surface area contributed by atoms with Crippen LogP contribution in [-0.4, -0.2) is 4.98 Å². The van der Waals surface area contributed by atoms with Crippen LogP contribution in [0.2, 0.25) is 0 Å². The quantitative estimate of drug-likeness (QED) is 0.624. The zero-order valence-corrected chi connectivity index (χ0v) is 6.76. The fraction of sp³-hybridized carbons (Fsp3) is 0.100. The van der Waals surface area contributed by atoms with Gasteiger partial charge in [-0.05, 0) is 12.5 Å². The number of hydrogen-bond donors (Lipinski definition) is 1. The largest absolute Gasteiger partial charge is 0.360 e. The fourth-order valence-corrected chi connectivity index (χ4v) is 1.40. The Morgan fingerprint density at radius 2 is 2.25 bits per heavy atom. The first-order chi connectivity index (χ1) is 5.83. The molecule has 1 aromatic heterocycles. The molecule has 1 heterocycles. The maximum Gasteiger partial charge on any atom is 0.101 e. The summed E-state index contributed by atoms with van der Waals surface area (Å²) in [6, 6.07) is 8.09. The molecule has 0 atom stereocenters. The predicted molar refractivity (Wildman–Crippen MR) is 47.8 cm³/mol. The Labute approximate surface area is 70.4 Å². The zero-order chi connectivity index (χ0) is 8.55. The van der Waals surface area contributed by atoms with E-state index in [1.165, 1.54) is 5.56 Å². The number of nitriles is 1. The van der Waals surface area contributed by atoms with Crippen LogP contribution in [0.3, 0.4) is 0 Å². The van der Waals surface area contributed by atoms with E-state index in [-0.39, 0.29) is 0 Å². The maximum absolute atomic E-state index is 8.75. The highest BCUT2D eigenvalue weighted by Crippen LogP contribution is 2.19. The monoisotopic (exact) mass is 156 g/mol. The third-order valence-corrected chi connectivity index (χ3v) is 2.04. The molecule has 2 aromatic rings. The number of aromatic amines is 1. The van der Waals surface area contributed by atoms with Crippen molar-refractivity contribution in [1.82, 2.24) is 4.98 Å². The molecule has 2 nitrogen and oxygen atoms in total. The molecule has 2 rings (SSSR count). The topological polar surface area (TPSA) is 39.6 Å². The van der Waals surface area contributed by atoms with E-state index in [1.54, 1.807) is 6.20 Å². The van der Waals surface area contributed by atoms with Crippen molar-refractivity contribution in [3.8, 4) is 6.07 Å². The average molecular weight is 156 g/mol. The van der Waals surface area contributed by atoms with E-state index in [4.69, 9.17) is 5.26 Å². The smallest absolute Gasteiger partial charge is 0.101 e. The van der Waals surface area contributed by atoms with Gasteiger partial charge < -0.3 is 4.98 Å². The number of H-pyrrole nitrogens is 1. The van der Waals surface area contributed by atoms with Gasteiger partial charge in [0.15, 0.2) is 0 Å². The molecule has 2 heteroatoms. The van der Waals surface area contributed by atoms with Gasteiger partial charge in [0.2, 0.25) is 0 Å². The van der Waals surface area contributed by atoms with Crippen LogP contribution in [-0.2, 0) is 0 Å². The summed E-state index contributed by atoms with van der Waals surface area (Å²) in [4.78, 5) is 3.08. The third kappa shape index (κ3) is 0.802. The van der Waals surface area contributed by atoms with E-state index >= 15 is 0 Å². The normalized spacial score (nSPS) is 10.0. The number of benzene rings is 1. The minimum atomic E-state index is 0.716. The van der Waals surface area contributed by atoms with Crippen LogP contribution in [0.5, 0.6) is 0 Å². The van der Waals surface area contributed by atoms with Crippen molar-refractivity contribution in [2.24, 2.45) is 0 Å². The number of nitrogens with one attached hydrogen (secondary N) is 1. The lowest BCUT2D eigenvalue weighted by molar-refractivity contribution is 1.41. The molecule has 12 heavy (non-hydrogen) atoms. The summed E-state index contributed by atoms with van der Waals surface area (Å²) in [5.74, 6) is 0. The summed E-state index contributed by atoms with van der Waals surface area (Å²) < 4.78 is 0. The van der Waals surface area contributed by atoms with Gasteiger partial charge in [0.25, 0.3) is 0 Å². The summed E-state index contributed by atoms with van der Waals surface area (Å²) >= 11 is 0. The van der Waals surface area contributed by atoms with Crippen molar-refractivity contribution in [1.29, 1.82) is 5.26 Å². The predicted octanol–water partition coefficient (Wildman–Crippen LogP) is 2.35. The van der Waals surface area contributed by atoms with E-state index in [2.05, 4.69) is 11.1 Å². The molecule has 1 N–H and O–H groups in total. The zero-order valence-electron chi connectivity index (χ0n) is 6.76. The lowest BCUT2D eigenvalue weighted by Gasteiger charge is -1.93. The second kappa shape index (κ2) is 2.38. The van der Waals surface area contributed by atoms with Crippen LogP contribution in [0.1, 0.15) is 11.1 Å². The number of aryl methyl sites for hydroxylation is 1. The van der Waals surface area contributed by atoms with Crippen LogP contribution < -0.4 is 0 Å². The Morgan fingerprint density at radius 1 is 1.42 bits per heavy atom. The minimum absolute atomic E-state index is 0.716. The Bertz CT molecular complexity index is 460. The van der Waals surface area contributed by atoms with E-state index in [0.29, 0.717) is 5.56 Å². The van der Waals surface area contributed by atoms with Gasteiger partial charge in [-0.2, -0.15) is 5.26 Å². The van der Waals surface area contributed by atoms with Gasteiger partial charge in [-0.1, -0.05) is 18.2 Å². The van der Waals surface area contributed by atoms with E-state index < -0.39 is 0 Å². The van der Waals surface area contributed by atoms with E-state index in [9.17, 15) is 0 Å². The van der Waals surface area contributed by atoms with Gasteiger partial charge in [0.05, 0.1) is 5.56 Å². The summed E-state index contributed by atoms with van der Waals surface area (Å²) in [6.45, 7) is 2.03. The Balaban J connectivity index is 2.91. The Kier molecular flexibility index (Phi) is 1.38. The molecule has 0 aliphatic heterocycles. The molecular formula is C10H8N2. The van der Waals surface area contributed by atoms with Crippen LogP contribution in [0.25, 0.3) is 10.9 Å². The van der Waals surface area contributed by atoms with Gasteiger partial charge in [-0.25, -0.2) is 0 Å². The number of para-hydroxylation sites is 1. The molecule has 0 saturated heterocycles. The molecule has 0 aliphatic carbocycles. The molecule has 0 unspecified atom stereocenters.